The average Bonchev–Trinajstić information content (AvgIpc) is 2.24. The van der Waals surface area contributed by atoms with Gasteiger partial charge in [-0.2, -0.15) is 0 Å². The summed E-state index contributed by atoms with van der Waals surface area (Å²) in [4.78, 5) is 21.9. The van der Waals surface area contributed by atoms with E-state index >= 15 is 0 Å². The minimum absolute atomic E-state index is 0.0984. The Balaban J connectivity index is 2.54. The summed E-state index contributed by atoms with van der Waals surface area (Å²) < 4.78 is 14.4. The summed E-state index contributed by atoms with van der Waals surface area (Å²) in [6.07, 6.45) is -0.930. The topological polar surface area (TPSA) is 61.8 Å². The average molecular weight is 188 g/mol. The molecule has 13 heavy (non-hydrogen) atoms. The smallest absolute Gasteiger partial charge is 0.338 e. The van der Waals surface area contributed by atoms with Gasteiger partial charge in [-0.05, 0) is 0 Å². The van der Waals surface area contributed by atoms with Crippen molar-refractivity contribution >= 4 is 11.9 Å². The maximum Gasteiger partial charge on any atom is 0.338 e. The molecule has 1 aliphatic heterocycles. The number of cyclic esters (lactones) is 1. The first-order valence-corrected chi connectivity index (χ1v) is 3.92. The number of rotatable bonds is 2. The van der Waals surface area contributed by atoms with Crippen LogP contribution in [0.15, 0.2) is 0 Å². The summed E-state index contributed by atoms with van der Waals surface area (Å²) in [7, 11) is 1.26. The highest BCUT2D eigenvalue weighted by Crippen LogP contribution is 2.25. The van der Waals surface area contributed by atoms with Crippen molar-refractivity contribution in [3.63, 3.8) is 0 Å². The fraction of sp³-hybridized carbons (Fsp3) is 0.750. The molecule has 5 heteroatoms. The molecule has 1 fully saturated rings. The van der Waals surface area contributed by atoms with Gasteiger partial charge in [-0.1, -0.05) is 0 Å². The second kappa shape index (κ2) is 3.33. The third-order valence-corrected chi connectivity index (χ3v) is 1.62. The van der Waals surface area contributed by atoms with Crippen LogP contribution in [0.4, 0.5) is 0 Å². The van der Waals surface area contributed by atoms with Crippen molar-refractivity contribution in [3.8, 4) is 0 Å². The molecule has 0 aliphatic carbocycles. The summed E-state index contributed by atoms with van der Waals surface area (Å²) in [6.45, 7) is 3.23. The normalized spacial score (nSPS) is 25.5. The van der Waals surface area contributed by atoms with E-state index in [9.17, 15) is 9.59 Å². The van der Waals surface area contributed by atoms with Crippen LogP contribution in [0.25, 0.3) is 0 Å². The zero-order valence-corrected chi connectivity index (χ0v) is 7.83. The highest BCUT2D eigenvalue weighted by atomic mass is 16.8. The standard InChI is InChI=1S/C8H12O5/c1-8(2)12-5(7(10)13-8)4-6(9)11-3/h5H,4H2,1-3H3. The molecule has 0 aromatic heterocycles. The fourth-order valence-corrected chi connectivity index (χ4v) is 1.08. The van der Waals surface area contributed by atoms with E-state index in [4.69, 9.17) is 9.47 Å². The van der Waals surface area contributed by atoms with Crippen LogP contribution in [0.1, 0.15) is 20.3 Å². The Morgan fingerprint density at radius 1 is 1.62 bits per heavy atom. The van der Waals surface area contributed by atoms with Crippen LogP contribution < -0.4 is 0 Å². The first kappa shape index (κ1) is 9.98. The molecule has 1 heterocycles. The molecule has 0 aromatic carbocycles. The zero-order valence-electron chi connectivity index (χ0n) is 7.83. The monoisotopic (exact) mass is 188 g/mol. The van der Waals surface area contributed by atoms with Gasteiger partial charge in [-0.15, -0.1) is 0 Å². The van der Waals surface area contributed by atoms with E-state index in [1.54, 1.807) is 13.8 Å². The van der Waals surface area contributed by atoms with Crippen molar-refractivity contribution in [1.82, 2.24) is 0 Å². The van der Waals surface area contributed by atoms with E-state index in [-0.39, 0.29) is 6.42 Å². The molecule has 0 spiro atoms. The SMILES string of the molecule is COC(=O)CC1OC(C)(C)OC1=O. The van der Waals surface area contributed by atoms with Crippen LogP contribution in [-0.2, 0) is 23.8 Å². The first-order chi connectivity index (χ1) is 5.94. The molecule has 1 atom stereocenters. The van der Waals surface area contributed by atoms with E-state index in [1.165, 1.54) is 7.11 Å². The van der Waals surface area contributed by atoms with Crippen molar-refractivity contribution in [2.24, 2.45) is 0 Å². The van der Waals surface area contributed by atoms with Crippen LogP contribution in [0.3, 0.4) is 0 Å². The van der Waals surface area contributed by atoms with Gasteiger partial charge in [0.1, 0.15) is 0 Å². The summed E-state index contributed by atoms with van der Waals surface area (Å²) in [5.74, 6) is -1.94. The maximum absolute atomic E-state index is 11.1. The van der Waals surface area contributed by atoms with Gasteiger partial charge >= 0.3 is 11.9 Å². The lowest BCUT2D eigenvalue weighted by Crippen LogP contribution is -2.23. The Labute approximate surface area is 76.0 Å². The largest absolute Gasteiger partial charge is 0.469 e. The minimum Gasteiger partial charge on any atom is -0.469 e. The second-order valence-electron chi connectivity index (χ2n) is 3.21. The highest BCUT2D eigenvalue weighted by molar-refractivity contribution is 5.83. The summed E-state index contributed by atoms with van der Waals surface area (Å²) >= 11 is 0. The molecule has 0 amide bonds. The quantitative estimate of drug-likeness (QED) is 0.580. The summed E-state index contributed by atoms with van der Waals surface area (Å²) in [6, 6.07) is 0. The van der Waals surface area contributed by atoms with Crippen LogP contribution in [0, 0.1) is 0 Å². The van der Waals surface area contributed by atoms with Gasteiger partial charge in [0.2, 0.25) is 5.79 Å². The molecule has 5 nitrogen and oxygen atoms in total. The number of hydrogen-bond donors (Lipinski definition) is 0. The van der Waals surface area contributed by atoms with Crippen LogP contribution in [-0.4, -0.2) is 30.9 Å². The number of carbonyl (C=O) groups excluding carboxylic acids is 2. The van der Waals surface area contributed by atoms with Gasteiger partial charge in [0.25, 0.3) is 0 Å². The number of hydrogen-bond acceptors (Lipinski definition) is 5. The number of methoxy groups -OCH3 is 1. The molecule has 0 bridgehead atoms. The fourth-order valence-electron chi connectivity index (χ4n) is 1.08. The van der Waals surface area contributed by atoms with Gasteiger partial charge in [0.05, 0.1) is 13.5 Å². The lowest BCUT2D eigenvalue weighted by molar-refractivity contribution is -0.161. The molecule has 1 rings (SSSR count). The van der Waals surface area contributed by atoms with Crippen molar-refractivity contribution in [1.29, 1.82) is 0 Å². The number of esters is 2. The van der Waals surface area contributed by atoms with E-state index in [0.29, 0.717) is 0 Å². The van der Waals surface area contributed by atoms with Gasteiger partial charge in [-0.3, -0.25) is 4.79 Å². The third kappa shape index (κ3) is 2.42. The molecule has 0 saturated carbocycles. The molecule has 0 aromatic rings. The maximum atomic E-state index is 11.1. The van der Waals surface area contributed by atoms with Crippen LogP contribution in [0.2, 0.25) is 0 Å². The van der Waals surface area contributed by atoms with E-state index in [1.807, 2.05) is 0 Å². The Morgan fingerprint density at radius 3 is 2.62 bits per heavy atom. The number of ether oxygens (including phenoxy) is 3. The lowest BCUT2D eigenvalue weighted by Gasteiger charge is -2.14. The highest BCUT2D eigenvalue weighted by Gasteiger charge is 2.42. The second-order valence-corrected chi connectivity index (χ2v) is 3.21. The molecule has 0 N–H and O–H groups in total. The van der Waals surface area contributed by atoms with Crippen LogP contribution >= 0.6 is 0 Å². The third-order valence-electron chi connectivity index (χ3n) is 1.62. The van der Waals surface area contributed by atoms with Gasteiger partial charge in [0, 0.05) is 13.8 Å². The van der Waals surface area contributed by atoms with E-state index < -0.39 is 23.8 Å². The van der Waals surface area contributed by atoms with Gasteiger partial charge in [-0.25, -0.2) is 4.79 Å². The predicted molar refractivity (Wildman–Crippen MR) is 41.7 cm³/mol. The molecular formula is C8H12O5. The molecule has 74 valence electrons. The Hall–Kier alpha value is -1.10. The minimum atomic E-state index is -0.935. The summed E-state index contributed by atoms with van der Waals surface area (Å²) in [5, 5.41) is 0. The molecule has 1 saturated heterocycles. The Kier molecular flexibility index (Phi) is 2.56. The molecule has 1 aliphatic rings. The lowest BCUT2D eigenvalue weighted by atomic mass is 10.2. The van der Waals surface area contributed by atoms with Crippen molar-refractivity contribution in [2.75, 3.05) is 7.11 Å². The van der Waals surface area contributed by atoms with E-state index in [2.05, 4.69) is 4.74 Å². The molecule has 1 unspecified atom stereocenters. The van der Waals surface area contributed by atoms with Crippen molar-refractivity contribution < 1.29 is 23.8 Å². The first-order valence-electron chi connectivity index (χ1n) is 3.92. The Bertz CT molecular complexity index is 233. The van der Waals surface area contributed by atoms with Gasteiger partial charge in [0.15, 0.2) is 6.10 Å². The van der Waals surface area contributed by atoms with E-state index in [0.717, 1.165) is 0 Å². The Morgan fingerprint density at radius 2 is 2.23 bits per heavy atom. The van der Waals surface area contributed by atoms with Crippen LogP contribution in [0.5, 0.6) is 0 Å². The van der Waals surface area contributed by atoms with Crippen molar-refractivity contribution in [3.05, 3.63) is 0 Å². The number of carbonyl (C=O) groups is 2. The van der Waals surface area contributed by atoms with Gasteiger partial charge < -0.3 is 14.2 Å². The summed E-state index contributed by atoms with van der Waals surface area (Å²) in [5.41, 5.74) is 0. The molecular weight excluding hydrogens is 176 g/mol. The predicted octanol–water partition coefficient (Wildman–Crippen LogP) is 0.228. The molecule has 0 radical (unpaired) electrons. The zero-order chi connectivity index (χ0) is 10.1. The van der Waals surface area contributed by atoms with Crippen molar-refractivity contribution in [2.45, 2.75) is 32.2 Å².